The largest absolute Gasteiger partial charge is 0.458 e. The monoisotopic (exact) mass is 790 g/mol. The van der Waals surface area contributed by atoms with Crippen LogP contribution in [0.3, 0.4) is 0 Å². The Kier molecular flexibility index (Phi) is 8.24. The Morgan fingerprint density at radius 3 is 2.07 bits per heavy atom. The zero-order valence-corrected chi connectivity index (χ0v) is 35.4. The second-order valence-electron chi connectivity index (χ2n) is 18.3. The van der Waals surface area contributed by atoms with E-state index in [1.54, 1.807) is 0 Å². The minimum atomic E-state index is -0.0607. The number of ether oxygens (including phenoxy) is 1. The molecule has 0 saturated heterocycles. The van der Waals surface area contributed by atoms with Crippen LogP contribution >= 0.6 is 0 Å². The Morgan fingerprint density at radius 2 is 1.25 bits per heavy atom. The lowest BCUT2D eigenvalue weighted by Gasteiger charge is -2.21. The molecule has 5 heteroatoms. The van der Waals surface area contributed by atoms with Gasteiger partial charge in [-0.3, -0.25) is 13.7 Å². The predicted molar refractivity (Wildman–Crippen MR) is 250 cm³/mol. The van der Waals surface area contributed by atoms with Gasteiger partial charge in [0.05, 0.1) is 33.6 Å². The summed E-state index contributed by atoms with van der Waals surface area (Å²) in [6.07, 6.45) is 5.63. The van der Waals surface area contributed by atoms with Crippen LogP contribution < -0.4 is 9.30 Å². The van der Waals surface area contributed by atoms with Crippen LogP contribution in [0.25, 0.3) is 83.4 Å². The molecule has 61 heavy (non-hydrogen) atoms. The Morgan fingerprint density at radius 1 is 0.557 bits per heavy atom. The molecule has 0 fully saturated rings. The molecule has 7 aromatic carbocycles. The number of hydrogen-bond donors (Lipinski definition) is 0. The minimum absolute atomic E-state index is 0.0286. The number of imidazole rings is 1. The van der Waals surface area contributed by atoms with Gasteiger partial charge in [0.2, 0.25) is 0 Å². The molecule has 0 atom stereocenters. The summed E-state index contributed by atoms with van der Waals surface area (Å²) >= 11 is 0. The molecule has 296 valence electrons. The Hall–Kier alpha value is -7.24. The Balaban J connectivity index is 1.08. The number of benzene rings is 7. The molecule has 11 rings (SSSR count). The lowest BCUT2D eigenvalue weighted by Crippen LogP contribution is -2.30. The molecule has 1 aliphatic carbocycles. The van der Waals surface area contributed by atoms with E-state index in [9.17, 15) is 0 Å². The second kappa shape index (κ2) is 13.7. The molecular formula is C56H46N4O. The van der Waals surface area contributed by atoms with E-state index in [4.69, 9.17) is 9.72 Å². The smallest absolute Gasteiger partial charge is 0.269 e. The highest BCUT2D eigenvalue weighted by Gasteiger charge is 2.29. The molecule has 0 unspecified atom stereocenters. The van der Waals surface area contributed by atoms with E-state index in [2.05, 4.69) is 219 Å². The maximum absolute atomic E-state index is 6.85. The Labute approximate surface area is 356 Å². The third-order valence-corrected chi connectivity index (χ3v) is 12.3. The molecule has 3 aromatic heterocycles. The van der Waals surface area contributed by atoms with Crippen LogP contribution in [-0.4, -0.2) is 14.1 Å². The van der Waals surface area contributed by atoms with Crippen LogP contribution in [-0.2, 0) is 10.8 Å². The summed E-state index contributed by atoms with van der Waals surface area (Å²) in [6.45, 7) is 13.5. The fourth-order valence-corrected chi connectivity index (χ4v) is 9.18. The quantitative estimate of drug-likeness (QED) is 0.129. The van der Waals surface area contributed by atoms with Crippen molar-refractivity contribution >= 4 is 32.7 Å². The zero-order valence-electron chi connectivity index (χ0n) is 35.4. The molecule has 10 aromatic rings. The first-order chi connectivity index (χ1) is 29.5. The number of fused-ring (bicyclic) bond motifs is 8. The van der Waals surface area contributed by atoms with Crippen LogP contribution in [0.15, 0.2) is 170 Å². The topological polar surface area (TPSA) is 35.9 Å². The fourth-order valence-electron chi connectivity index (χ4n) is 9.18. The van der Waals surface area contributed by atoms with Gasteiger partial charge in [-0.05, 0) is 104 Å². The Bertz CT molecular complexity index is 3360. The third kappa shape index (κ3) is 6.06. The molecule has 5 nitrogen and oxygen atoms in total. The van der Waals surface area contributed by atoms with E-state index in [-0.39, 0.29) is 10.8 Å². The van der Waals surface area contributed by atoms with E-state index >= 15 is 0 Å². The lowest BCUT2D eigenvalue weighted by molar-refractivity contribution is -0.572. The van der Waals surface area contributed by atoms with Crippen molar-refractivity contribution in [1.82, 2.24) is 14.1 Å². The maximum atomic E-state index is 6.85. The van der Waals surface area contributed by atoms with Crippen molar-refractivity contribution in [2.75, 3.05) is 0 Å². The van der Waals surface area contributed by atoms with E-state index in [1.807, 2.05) is 12.3 Å². The van der Waals surface area contributed by atoms with Gasteiger partial charge < -0.3 is 4.74 Å². The van der Waals surface area contributed by atoms with E-state index in [0.29, 0.717) is 0 Å². The molecule has 3 heterocycles. The number of rotatable bonds is 5. The average Bonchev–Trinajstić information content (AvgIpc) is 3.78. The van der Waals surface area contributed by atoms with E-state index < -0.39 is 0 Å². The predicted octanol–water partition coefficient (Wildman–Crippen LogP) is 13.9. The number of nitrogens with zero attached hydrogens (tertiary/aromatic N) is 4. The number of pyridine rings is 1. The van der Waals surface area contributed by atoms with Crippen molar-refractivity contribution in [2.45, 2.75) is 52.4 Å². The van der Waals surface area contributed by atoms with Crippen LogP contribution in [0, 0.1) is 6.33 Å². The lowest BCUT2D eigenvalue weighted by atomic mass is 9.87. The van der Waals surface area contributed by atoms with Gasteiger partial charge in [0.1, 0.15) is 17.3 Å². The van der Waals surface area contributed by atoms with Crippen molar-refractivity contribution in [3.8, 4) is 62.2 Å². The molecule has 0 bridgehead atoms. The standard InChI is InChI=1S/C56H46N4O/c1-55(2,3)37-17-13-18-39(31-37)58-35-59(49-26-10-9-25-48(49)58)40-19-14-20-41(33-40)61-42-27-28-46-50(34-42)60(51-32-38(29-30-57-51)56(4,5)6)54-45-22-8-7-21-43(45)44-23-11-15-36-16-12-24-47(52(36)44)53(46)54/h7-34H,1-6H3. The third-order valence-electron chi connectivity index (χ3n) is 12.3. The van der Waals surface area contributed by atoms with Crippen molar-refractivity contribution in [3.63, 3.8) is 0 Å². The average molecular weight is 791 g/mol. The first-order valence-corrected chi connectivity index (χ1v) is 21.1. The molecule has 0 aliphatic heterocycles. The molecule has 0 spiro atoms. The second-order valence-corrected chi connectivity index (χ2v) is 18.3. The SMILES string of the molecule is CC(C)(C)c1cccc(-[n+]2[c-]n(-c3cccc(Oc4ccc5c6c(n(-c7cc(C(C)(C)C)ccn7)c5c4)-c4ccccc4-c4cccc5cccc-6c45)c3)c3ccccc32)c1. The summed E-state index contributed by atoms with van der Waals surface area (Å²) in [5.41, 5.74) is 14.9. The van der Waals surface area contributed by atoms with Gasteiger partial charge in [-0.25, -0.2) is 4.98 Å². The normalized spacial score (nSPS) is 12.4. The molecular weight excluding hydrogens is 745 g/mol. The maximum Gasteiger partial charge on any atom is 0.269 e. The van der Waals surface area contributed by atoms with Crippen LogP contribution in [0.5, 0.6) is 11.5 Å². The minimum Gasteiger partial charge on any atom is -0.458 e. The van der Waals surface area contributed by atoms with Gasteiger partial charge in [-0.15, -0.1) is 0 Å². The molecule has 0 saturated carbocycles. The molecule has 0 radical (unpaired) electrons. The van der Waals surface area contributed by atoms with Gasteiger partial charge >= 0.3 is 0 Å². The zero-order chi connectivity index (χ0) is 41.6. The van der Waals surface area contributed by atoms with Crippen molar-refractivity contribution in [3.05, 3.63) is 187 Å². The first kappa shape index (κ1) is 36.8. The van der Waals surface area contributed by atoms with Gasteiger partial charge in [0.25, 0.3) is 6.33 Å². The summed E-state index contributed by atoms with van der Waals surface area (Å²) < 4.78 is 13.5. The summed E-state index contributed by atoms with van der Waals surface area (Å²) in [7, 11) is 0. The molecule has 0 amide bonds. The highest BCUT2D eigenvalue weighted by Crippen LogP contribution is 2.52. The first-order valence-electron chi connectivity index (χ1n) is 21.1. The summed E-state index contributed by atoms with van der Waals surface area (Å²) in [4.78, 5) is 5.09. The number of hydrogen-bond acceptors (Lipinski definition) is 2. The van der Waals surface area contributed by atoms with Gasteiger partial charge in [-0.1, -0.05) is 145 Å². The fraction of sp³-hybridized carbons (Fsp3) is 0.143. The van der Waals surface area contributed by atoms with Crippen LogP contribution in [0.1, 0.15) is 52.7 Å². The van der Waals surface area contributed by atoms with Gasteiger partial charge in [0.15, 0.2) is 0 Å². The van der Waals surface area contributed by atoms with Crippen molar-refractivity contribution in [2.24, 2.45) is 0 Å². The van der Waals surface area contributed by atoms with Crippen molar-refractivity contribution in [1.29, 1.82) is 0 Å². The molecule has 0 N–H and O–H groups in total. The van der Waals surface area contributed by atoms with E-state index in [1.165, 1.54) is 49.7 Å². The highest BCUT2D eigenvalue weighted by atomic mass is 16.5. The summed E-state index contributed by atoms with van der Waals surface area (Å²) in [5.74, 6) is 2.36. The summed E-state index contributed by atoms with van der Waals surface area (Å²) in [5, 5.41) is 3.64. The van der Waals surface area contributed by atoms with E-state index in [0.717, 1.165) is 56.3 Å². The van der Waals surface area contributed by atoms with Crippen LogP contribution in [0.4, 0.5) is 0 Å². The van der Waals surface area contributed by atoms with Gasteiger partial charge in [-0.2, -0.15) is 0 Å². The van der Waals surface area contributed by atoms with Gasteiger partial charge in [0, 0.05) is 28.8 Å². The number of para-hydroxylation sites is 2. The van der Waals surface area contributed by atoms with Crippen molar-refractivity contribution < 1.29 is 9.30 Å². The number of aromatic nitrogens is 4. The van der Waals surface area contributed by atoms with Crippen LogP contribution in [0.2, 0.25) is 0 Å². The summed E-state index contributed by atoms with van der Waals surface area (Å²) in [6, 6.07) is 58.6. The highest BCUT2D eigenvalue weighted by molar-refractivity contribution is 6.19. The molecule has 1 aliphatic rings.